The fourth-order valence-corrected chi connectivity index (χ4v) is 2.35. The van der Waals surface area contributed by atoms with Crippen molar-refractivity contribution < 1.29 is 9.53 Å². The standard InChI is InChI=1S/C11H10INO2/c1-6-3-4-7-8(5-6)13-10(9(7)12)11(14)15-2/h3-5,13H,1-2H3. The summed E-state index contributed by atoms with van der Waals surface area (Å²) >= 11 is 2.15. The molecule has 1 N–H and O–H groups in total. The van der Waals surface area contributed by atoms with E-state index in [1.54, 1.807) is 0 Å². The van der Waals surface area contributed by atoms with Gasteiger partial charge in [-0.3, -0.25) is 0 Å². The molecular formula is C11H10INO2. The lowest BCUT2D eigenvalue weighted by molar-refractivity contribution is 0.0594. The van der Waals surface area contributed by atoms with E-state index < -0.39 is 0 Å². The molecule has 78 valence electrons. The Kier molecular flexibility index (Phi) is 2.68. The molecule has 0 bridgehead atoms. The Balaban J connectivity index is 2.69. The van der Waals surface area contributed by atoms with Crippen LogP contribution < -0.4 is 0 Å². The van der Waals surface area contributed by atoms with E-state index in [0.29, 0.717) is 5.69 Å². The molecular weight excluding hydrogens is 305 g/mol. The fraction of sp³-hybridized carbons (Fsp3) is 0.182. The van der Waals surface area contributed by atoms with Crippen LogP contribution in [0.15, 0.2) is 18.2 Å². The SMILES string of the molecule is COC(=O)c1[nH]c2cc(C)ccc2c1I. The molecule has 1 aromatic carbocycles. The van der Waals surface area contributed by atoms with Crippen molar-refractivity contribution in [1.29, 1.82) is 0 Å². The average Bonchev–Trinajstić information content (AvgIpc) is 2.54. The number of H-pyrrole nitrogens is 1. The van der Waals surface area contributed by atoms with Crippen LogP contribution in [-0.4, -0.2) is 18.1 Å². The predicted octanol–water partition coefficient (Wildman–Crippen LogP) is 2.87. The van der Waals surface area contributed by atoms with E-state index in [2.05, 4.69) is 27.6 Å². The summed E-state index contributed by atoms with van der Waals surface area (Å²) in [6, 6.07) is 6.05. The second-order valence-electron chi connectivity index (χ2n) is 3.35. The lowest BCUT2D eigenvalue weighted by atomic mass is 10.2. The van der Waals surface area contributed by atoms with Gasteiger partial charge in [-0.05, 0) is 41.1 Å². The van der Waals surface area contributed by atoms with Gasteiger partial charge in [0.2, 0.25) is 0 Å². The van der Waals surface area contributed by atoms with Gasteiger partial charge in [0.05, 0.1) is 10.7 Å². The smallest absolute Gasteiger partial charge is 0.355 e. The normalized spacial score (nSPS) is 10.6. The van der Waals surface area contributed by atoms with Gasteiger partial charge in [-0.15, -0.1) is 0 Å². The number of aromatic nitrogens is 1. The zero-order valence-electron chi connectivity index (χ0n) is 8.43. The zero-order chi connectivity index (χ0) is 11.0. The first-order valence-electron chi connectivity index (χ1n) is 4.49. The summed E-state index contributed by atoms with van der Waals surface area (Å²) < 4.78 is 5.61. The minimum absolute atomic E-state index is 0.326. The van der Waals surface area contributed by atoms with Crippen LogP contribution in [0.1, 0.15) is 16.1 Å². The first-order chi connectivity index (χ1) is 7.13. The number of carbonyl (C=O) groups excluding carboxylic acids is 1. The van der Waals surface area contributed by atoms with E-state index in [1.807, 2.05) is 25.1 Å². The van der Waals surface area contributed by atoms with Crippen molar-refractivity contribution in [3.05, 3.63) is 33.0 Å². The van der Waals surface area contributed by atoms with Crippen LogP contribution in [0.3, 0.4) is 0 Å². The molecule has 2 rings (SSSR count). The number of aryl methyl sites for hydroxylation is 1. The van der Waals surface area contributed by atoms with Gasteiger partial charge in [-0.25, -0.2) is 4.79 Å². The summed E-state index contributed by atoms with van der Waals surface area (Å²) in [4.78, 5) is 14.5. The van der Waals surface area contributed by atoms with E-state index in [-0.39, 0.29) is 5.97 Å². The molecule has 0 amide bonds. The van der Waals surface area contributed by atoms with Gasteiger partial charge < -0.3 is 9.72 Å². The number of hydrogen-bond acceptors (Lipinski definition) is 2. The third-order valence-electron chi connectivity index (χ3n) is 2.28. The summed E-state index contributed by atoms with van der Waals surface area (Å²) in [6.45, 7) is 2.02. The number of rotatable bonds is 1. The Hall–Kier alpha value is -1.04. The van der Waals surface area contributed by atoms with E-state index >= 15 is 0 Å². The molecule has 0 aliphatic carbocycles. The van der Waals surface area contributed by atoms with E-state index in [0.717, 1.165) is 20.0 Å². The van der Waals surface area contributed by atoms with Crippen molar-refractivity contribution in [1.82, 2.24) is 4.98 Å². The number of methoxy groups -OCH3 is 1. The van der Waals surface area contributed by atoms with Gasteiger partial charge in [-0.2, -0.15) is 0 Å². The van der Waals surface area contributed by atoms with Crippen LogP contribution in [0.4, 0.5) is 0 Å². The Labute approximate surface area is 101 Å². The van der Waals surface area contributed by atoms with Gasteiger partial charge in [0.1, 0.15) is 5.69 Å². The van der Waals surface area contributed by atoms with Crippen molar-refractivity contribution in [3.8, 4) is 0 Å². The minimum Gasteiger partial charge on any atom is -0.464 e. The Morgan fingerprint density at radius 3 is 2.87 bits per heavy atom. The molecule has 3 nitrogen and oxygen atoms in total. The highest BCUT2D eigenvalue weighted by atomic mass is 127. The van der Waals surface area contributed by atoms with Crippen LogP contribution >= 0.6 is 22.6 Å². The van der Waals surface area contributed by atoms with Crippen LogP contribution in [0.5, 0.6) is 0 Å². The molecule has 0 aliphatic heterocycles. The Morgan fingerprint density at radius 2 is 2.20 bits per heavy atom. The number of esters is 1. The molecule has 0 saturated heterocycles. The summed E-state index contributed by atoms with van der Waals surface area (Å²) in [5.74, 6) is -0.326. The minimum atomic E-state index is -0.326. The number of carbonyl (C=O) groups is 1. The summed E-state index contributed by atoms with van der Waals surface area (Å²) in [6.07, 6.45) is 0. The maximum Gasteiger partial charge on any atom is 0.355 e. The molecule has 0 unspecified atom stereocenters. The number of fused-ring (bicyclic) bond motifs is 1. The summed E-state index contributed by atoms with van der Waals surface area (Å²) in [5.41, 5.74) is 2.66. The first kappa shape index (κ1) is 10.5. The van der Waals surface area contributed by atoms with E-state index in [4.69, 9.17) is 4.74 Å². The van der Waals surface area contributed by atoms with Gasteiger partial charge in [0.25, 0.3) is 0 Å². The van der Waals surface area contributed by atoms with Gasteiger partial charge in [0.15, 0.2) is 0 Å². The number of benzene rings is 1. The maximum atomic E-state index is 11.4. The second-order valence-corrected chi connectivity index (χ2v) is 4.43. The number of nitrogens with one attached hydrogen (secondary N) is 1. The quantitative estimate of drug-likeness (QED) is 0.649. The van der Waals surface area contributed by atoms with Crippen molar-refractivity contribution in [2.45, 2.75) is 6.92 Å². The van der Waals surface area contributed by atoms with Crippen molar-refractivity contribution in [2.75, 3.05) is 7.11 Å². The molecule has 0 fully saturated rings. The summed E-state index contributed by atoms with van der Waals surface area (Å²) in [7, 11) is 1.38. The van der Waals surface area contributed by atoms with Gasteiger partial charge in [-0.1, -0.05) is 12.1 Å². The largest absolute Gasteiger partial charge is 0.464 e. The monoisotopic (exact) mass is 315 g/mol. The maximum absolute atomic E-state index is 11.4. The van der Waals surface area contributed by atoms with Gasteiger partial charge in [0, 0.05) is 10.9 Å². The number of aromatic amines is 1. The molecule has 4 heteroatoms. The highest BCUT2D eigenvalue weighted by Crippen LogP contribution is 2.25. The molecule has 0 aliphatic rings. The highest BCUT2D eigenvalue weighted by Gasteiger charge is 2.15. The lowest BCUT2D eigenvalue weighted by Gasteiger charge is -1.94. The Bertz CT molecular complexity index is 531. The lowest BCUT2D eigenvalue weighted by Crippen LogP contribution is -2.02. The van der Waals surface area contributed by atoms with E-state index in [9.17, 15) is 4.79 Å². The van der Waals surface area contributed by atoms with E-state index in [1.165, 1.54) is 7.11 Å². The first-order valence-corrected chi connectivity index (χ1v) is 5.57. The molecule has 0 saturated carbocycles. The molecule has 1 heterocycles. The predicted molar refractivity (Wildman–Crippen MR) is 67.1 cm³/mol. The second kappa shape index (κ2) is 3.84. The number of ether oxygens (including phenoxy) is 1. The summed E-state index contributed by atoms with van der Waals surface area (Å²) in [5, 5.41) is 1.06. The van der Waals surface area contributed by atoms with Crippen molar-refractivity contribution >= 4 is 39.5 Å². The third kappa shape index (κ3) is 1.73. The molecule has 2 aromatic rings. The van der Waals surface area contributed by atoms with Crippen LogP contribution in [0, 0.1) is 10.5 Å². The number of hydrogen-bond donors (Lipinski definition) is 1. The molecule has 0 spiro atoms. The average molecular weight is 315 g/mol. The molecule has 0 atom stereocenters. The van der Waals surface area contributed by atoms with Gasteiger partial charge >= 0.3 is 5.97 Å². The highest BCUT2D eigenvalue weighted by molar-refractivity contribution is 14.1. The topological polar surface area (TPSA) is 42.1 Å². The fourth-order valence-electron chi connectivity index (χ4n) is 1.52. The van der Waals surface area contributed by atoms with Crippen LogP contribution in [-0.2, 0) is 4.74 Å². The number of halogens is 1. The van der Waals surface area contributed by atoms with Crippen LogP contribution in [0.25, 0.3) is 10.9 Å². The Morgan fingerprint density at radius 1 is 1.47 bits per heavy atom. The van der Waals surface area contributed by atoms with Crippen molar-refractivity contribution in [3.63, 3.8) is 0 Å². The molecule has 1 aromatic heterocycles. The van der Waals surface area contributed by atoms with Crippen molar-refractivity contribution in [2.24, 2.45) is 0 Å². The molecule has 0 radical (unpaired) electrons. The molecule has 15 heavy (non-hydrogen) atoms. The third-order valence-corrected chi connectivity index (χ3v) is 3.40. The zero-order valence-corrected chi connectivity index (χ0v) is 10.6. The van der Waals surface area contributed by atoms with Crippen LogP contribution in [0.2, 0.25) is 0 Å².